The molecule has 0 unspecified atom stereocenters. The van der Waals surface area contributed by atoms with Crippen LogP contribution in [0.3, 0.4) is 0 Å². The number of rotatable bonds is 7. The monoisotopic (exact) mass is 396 g/mol. The zero-order valence-corrected chi connectivity index (χ0v) is 16.4. The third kappa shape index (κ3) is 4.37. The summed E-state index contributed by atoms with van der Waals surface area (Å²) in [6, 6.07) is 9.61. The normalized spacial score (nSPS) is 14.7. The number of hydrogen-bond acceptors (Lipinski definition) is 5. The molecule has 1 aromatic heterocycles. The lowest BCUT2D eigenvalue weighted by Gasteiger charge is -2.28. The highest BCUT2D eigenvalue weighted by Crippen LogP contribution is 2.48. The Morgan fingerprint density at radius 2 is 1.83 bits per heavy atom. The molecule has 0 aliphatic heterocycles. The van der Waals surface area contributed by atoms with E-state index in [2.05, 4.69) is 15.6 Å². The minimum absolute atomic E-state index is 0.0135. The molecule has 0 saturated heterocycles. The Bertz CT molecular complexity index is 952. The molecule has 1 heterocycles. The van der Waals surface area contributed by atoms with Crippen LogP contribution in [-0.2, 0) is 15.0 Å². The fourth-order valence-corrected chi connectivity index (χ4v) is 3.34. The lowest BCUT2D eigenvalue weighted by atomic mass is 9.92. The summed E-state index contributed by atoms with van der Waals surface area (Å²) in [6.45, 7) is 3.53. The van der Waals surface area contributed by atoms with E-state index in [1.165, 1.54) is 6.20 Å². The van der Waals surface area contributed by atoms with Gasteiger partial charge in [-0.3, -0.25) is 14.6 Å². The Balaban J connectivity index is 1.65. The molecule has 0 atom stereocenters. The average Bonchev–Trinajstić information content (AvgIpc) is 3.45. The van der Waals surface area contributed by atoms with E-state index in [0.29, 0.717) is 0 Å². The standard InChI is InChI=1S/C21H24N4O4/c1-20(2,25-19(29)21(8-9-21)13-6-4-3-5-7-13)10-16(26)24-15-12-23-11-14(17(15)22)18(27)28/h3-7,11-12H,8-10H2,1-2H3,(H2,22,23)(H,24,26)(H,25,29)(H,27,28). The molecule has 5 N–H and O–H groups in total. The number of nitrogens with one attached hydrogen (secondary N) is 2. The van der Waals surface area contributed by atoms with Crippen molar-refractivity contribution in [2.75, 3.05) is 11.1 Å². The molecule has 2 amide bonds. The number of amides is 2. The summed E-state index contributed by atoms with van der Waals surface area (Å²) in [5, 5.41) is 14.7. The molecule has 1 aliphatic rings. The summed E-state index contributed by atoms with van der Waals surface area (Å²) < 4.78 is 0. The molecule has 2 aromatic rings. The van der Waals surface area contributed by atoms with Crippen molar-refractivity contribution in [3.8, 4) is 0 Å². The van der Waals surface area contributed by atoms with Gasteiger partial charge in [0.15, 0.2) is 0 Å². The third-order valence-electron chi connectivity index (χ3n) is 5.06. The largest absolute Gasteiger partial charge is 0.478 e. The molecule has 8 heteroatoms. The van der Waals surface area contributed by atoms with Gasteiger partial charge >= 0.3 is 5.97 Å². The van der Waals surface area contributed by atoms with Crippen molar-refractivity contribution in [1.29, 1.82) is 0 Å². The SMILES string of the molecule is CC(C)(CC(=O)Nc1cncc(C(=O)O)c1N)NC(=O)C1(c2ccccc2)CC1. The summed E-state index contributed by atoms with van der Waals surface area (Å²) in [4.78, 5) is 40.3. The number of carbonyl (C=O) groups excluding carboxylic acids is 2. The number of aromatic nitrogens is 1. The van der Waals surface area contributed by atoms with E-state index < -0.39 is 22.8 Å². The number of nitrogen functional groups attached to an aromatic ring is 1. The van der Waals surface area contributed by atoms with Gasteiger partial charge in [-0.05, 0) is 32.3 Å². The minimum atomic E-state index is -1.23. The molecule has 0 radical (unpaired) electrons. The van der Waals surface area contributed by atoms with Crippen LogP contribution in [-0.4, -0.2) is 33.4 Å². The maximum absolute atomic E-state index is 12.9. The Morgan fingerprint density at radius 1 is 1.17 bits per heavy atom. The van der Waals surface area contributed by atoms with Crippen molar-refractivity contribution in [3.63, 3.8) is 0 Å². The number of pyridine rings is 1. The van der Waals surface area contributed by atoms with Crippen LogP contribution in [0.2, 0.25) is 0 Å². The predicted molar refractivity (Wildman–Crippen MR) is 108 cm³/mol. The van der Waals surface area contributed by atoms with Crippen molar-refractivity contribution in [2.45, 2.75) is 44.1 Å². The first-order valence-electron chi connectivity index (χ1n) is 9.29. The number of nitrogens with two attached hydrogens (primary N) is 1. The van der Waals surface area contributed by atoms with Gasteiger partial charge in [-0.15, -0.1) is 0 Å². The van der Waals surface area contributed by atoms with Crippen LogP contribution >= 0.6 is 0 Å². The number of aromatic carboxylic acids is 1. The zero-order chi connectivity index (χ0) is 21.2. The van der Waals surface area contributed by atoms with E-state index in [1.807, 2.05) is 30.3 Å². The summed E-state index contributed by atoms with van der Waals surface area (Å²) >= 11 is 0. The van der Waals surface area contributed by atoms with E-state index in [-0.39, 0.29) is 29.3 Å². The van der Waals surface area contributed by atoms with Crippen molar-refractivity contribution >= 4 is 29.2 Å². The van der Waals surface area contributed by atoms with E-state index in [1.54, 1.807) is 13.8 Å². The minimum Gasteiger partial charge on any atom is -0.478 e. The van der Waals surface area contributed by atoms with Gasteiger partial charge in [-0.25, -0.2) is 4.79 Å². The van der Waals surface area contributed by atoms with Crippen molar-refractivity contribution < 1.29 is 19.5 Å². The van der Waals surface area contributed by atoms with Crippen LogP contribution in [0.15, 0.2) is 42.7 Å². The summed E-state index contributed by atoms with van der Waals surface area (Å²) in [7, 11) is 0. The van der Waals surface area contributed by atoms with Crippen molar-refractivity contribution in [3.05, 3.63) is 53.9 Å². The van der Waals surface area contributed by atoms with Gasteiger partial charge in [0.1, 0.15) is 5.56 Å². The highest BCUT2D eigenvalue weighted by Gasteiger charge is 2.52. The highest BCUT2D eigenvalue weighted by molar-refractivity contribution is 6.01. The molecule has 8 nitrogen and oxygen atoms in total. The van der Waals surface area contributed by atoms with Crippen molar-refractivity contribution in [1.82, 2.24) is 10.3 Å². The molecule has 1 aliphatic carbocycles. The Kier molecular flexibility index (Phi) is 5.28. The number of nitrogens with zero attached hydrogens (tertiary/aromatic N) is 1. The van der Waals surface area contributed by atoms with E-state index in [9.17, 15) is 14.4 Å². The second-order valence-electron chi connectivity index (χ2n) is 7.96. The first kappa shape index (κ1) is 20.3. The smallest absolute Gasteiger partial charge is 0.339 e. The number of carboxylic acids is 1. The Labute approximate surface area is 168 Å². The molecule has 1 fully saturated rings. The van der Waals surface area contributed by atoms with Gasteiger partial charge in [0.2, 0.25) is 11.8 Å². The quantitative estimate of drug-likeness (QED) is 0.567. The molecule has 152 valence electrons. The molecular formula is C21H24N4O4. The molecule has 3 rings (SSSR count). The molecule has 0 spiro atoms. The van der Waals surface area contributed by atoms with E-state index >= 15 is 0 Å². The van der Waals surface area contributed by atoms with Gasteiger partial charge in [0, 0.05) is 18.2 Å². The summed E-state index contributed by atoms with van der Waals surface area (Å²) in [6.07, 6.45) is 3.95. The fourth-order valence-electron chi connectivity index (χ4n) is 3.34. The van der Waals surface area contributed by atoms with E-state index in [0.717, 1.165) is 24.6 Å². The van der Waals surface area contributed by atoms with Crippen LogP contribution in [0.4, 0.5) is 11.4 Å². The second-order valence-corrected chi connectivity index (χ2v) is 7.96. The van der Waals surface area contributed by atoms with Gasteiger partial charge in [0.25, 0.3) is 0 Å². The van der Waals surface area contributed by atoms with Crippen LogP contribution in [0, 0.1) is 0 Å². The van der Waals surface area contributed by atoms with E-state index in [4.69, 9.17) is 10.8 Å². The van der Waals surface area contributed by atoms with Gasteiger partial charge < -0.3 is 21.5 Å². The number of anilines is 2. The summed E-state index contributed by atoms with van der Waals surface area (Å²) in [5.41, 5.74) is 5.31. The Morgan fingerprint density at radius 3 is 2.41 bits per heavy atom. The van der Waals surface area contributed by atoms with Crippen molar-refractivity contribution in [2.24, 2.45) is 0 Å². The first-order chi connectivity index (χ1) is 13.6. The van der Waals surface area contributed by atoms with Crippen LogP contribution < -0.4 is 16.4 Å². The fraction of sp³-hybridized carbons (Fsp3) is 0.333. The first-order valence-corrected chi connectivity index (χ1v) is 9.29. The van der Waals surface area contributed by atoms with Gasteiger partial charge in [-0.1, -0.05) is 30.3 Å². The van der Waals surface area contributed by atoms with Gasteiger partial charge in [0.05, 0.1) is 23.0 Å². The molecule has 1 aromatic carbocycles. The van der Waals surface area contributed by atoms with Crippen LogP contribution in [0.1, 0.15) is 49.0 Å². The molecular weight excluding hydrogens is 372 g/mol. The predicted octanol–water partition coefficient (Wildman–Crippen LogP) is 2.32. The molecule has 1 saturated carbocycles. The zero-order valence-electron chi connectivity index (χ0n) is 16.4. The number of benzene rings is 1. The summed E-state index contributed by atoms with van der Waals surface area (Å²) in [5.74, 6) is -1.74. The number of hydrogen-bond donors (Lipinski definition) is 4. The Hall–Kier alpha value is -3.42. The average molecular weight is 396 g/mol. The lowest BCUT2D eigenvalue weighted by Crippen LogP contribution is -2.49. The molecule has 0 bridgehead atoms. The van der Waals surface area contributed by atoms with Crippen LogP contribution in [0.25, 0.3) is 0 Å². The second kappa shape index (κ2) is 7.54. The maximum atomic E-state index is 12.9. The van der Waals surface area contributed by atoms with Crippen LogP contribution in [0.5, 0.6) is 0 Å². The number of carbonyl (C=O) groups is 3. The van der Waals surface area contributed by atoms with Gasteiger partial charge in [-0.2, -0.15) is 0 Å². The lowest BCUT2D eigenvalue weighted by molar-refractivity contribution is -0.125. The third-order valence-corrected chi connectivity index (χ3v) is 5.06. The highest BCUT2D eigenvalue weighted by atomic mass is 16.4. The number of carboxylic acid groups (broad SMARTS) is 1. The molecule has 29 heavy (non-hydrogen) atoms. The topological polar surface area (TPSA) is 134 Å². The maximum Gasteiger partial charge on any atom is 0.339 e.